The van der Waals surface area contributed by atoms with Gasteiger partial charge in [-0.1, -0.05) is 6.08 Å². The first-order chi connectivity index (χ1) is 21.3. The van der Waals surface area contributed by atoms with Crippen molar-refractivity contribution in [3.63, 3.8) is 0 Å². The summed E-state index contributed by atoms with van der Waals surface area (Å²) in [5.74, 6) is -0.882. The Balaban J connectivity index is 1.36. The minimum Gasteiger partial charge on any atom is -0.495 e. The molecule has 11 heteroatoms. The van der Waals surface area contributed by atoms with Crippen molar-refractivity contribution < 1.29 is 33.9 Å². The van der Waals surface area contributed by atoms with E-state index in [9.17, 15) is 19.1 Å². The molecule has 0 radical (unpaired) electrons. The van der Waals surface area contributed by atoms with E-state index in [2.05, 4.69) is 10.6 Å². The standard InChI is InChI=1S/C34H40FN5O5/c1-18-11-21(35)7-10-23(18)27-28-24(33(3,17-45-28)31(37)42)13-26(40-27)34(43,20-5-6-20)16-39-30(41)19-12-25(44-4)29(36)32(2,14-19)15-38-22-8-9-22/h7,10-14,20,22,36,38,43H,5-6,8-9,15-17H2,1-4H3,(H2,37,42)(H,39,41)/p+1/t32?,33-,34+/m0/s1. The maximum Gasteiger partial charge on any atom is 0.251 e. The van der Waals surface area contributed by atoms with Gasteiger partial charge in [0, 0.05) is 29.5 Å². The molecule has 45 heavy (non-hydrogen) atoms. The molecule has 10 nitrogen and oxygen atoms in total. The number of amides is 2. The zero-order chi connectivity index (χ0) is 32.3. The maximum absolute atomic E-state index is 14.1. The first-order valence-electron chi connectivity index (χ1n) is 15.5. The molecule has 1 aromatic heterocycles. The van der Waals surface area contributed by atoms with Crippen molar-refractivity contribution in [3.05, 3.63) is 70.4 Å². The number of carbonyl (C=O) groups is 2. The first-order valence-corrected chi connectivity index (χ1v) is 15.5. The molecule has 0 bridgehead atoms. The molecule has 2 saturated carbocycles. The summed E-state index contributed by atoms with van der Waals surface area (Å²) >= 11 is 0. The molecule has 1 aromatic carbocycles. The quantitative estimate of drug-likeness (QED) is 0.259. The lowest BCUT2D eigenvalue weighted by atomic mass is 9.78. The van der Waals surface area contributed by atoms with E-state index in [1.165, 1.54) is 19.2 Å². The molecule has 4 aliphatic rings. The molecule has 0 saturated heterocycles. The number of aryl methyl sites for hydroxylation is 1. The number of nitrogens with two attached hydrogens (primary N) is 2. The molecule has 3 atom stereocenters. The zero-order valence-electron chi connectivity index (χ0n) is 26.1. The summed E-state index contributed by atoms with van der Waals surface area (Å²) in [6.45, 7) is 5.85. The number of quaternary nitrogens is 1. The minimum absolute atomic E-state index is 0.00288. The fourth-order valence-electron chi connectivity index (χ4n) is 6.35. The molecule has 2 heterocycles. The molecule has 2 amide bonds. The second kappa shape index (κ2) is 11.1. The monoisotopic (exact) mass is 618 g/mol. The number of pyridine rings is 1. The van der Waals surface area contributed by atoms with Crippen LogP contribution >= 0.6 is 0 Å². The van der Waals surface area contributed by atoms with Gasteiger partial charge in [-0.2, -0.15) is 0 Å². The second-order valence-electron chi connectivity index (χ2n) is 13.4. The highest BCUT2D eigenvalue weighted by molar-refractivity contribution is 6.08. The van der Waals surface area contributed by atoms with Gasteiger partial charge in [-0.05, 0) is 75.4 Å². The Morgan fingerprint density at radius 2 is 2.00 bits per heavy atom. The smallest absolute Gasteiger partial charge is 0.251 e. The van der Waals surface area contributed by atoms with Crippen molar-refractivity contribution in [3.8, 4) is 17.0 Å². The molecule has 6 rings (SSSR count). The van der Waals surface area contributed by atoms with Crippen LogP contribution < -0.4 is 21.1 Å². The van der Waals surface area contributed by atoms with Crippen molar-refractivity contribution in [2.45, 2.75) is 63.5 Å². The van der Waals surface area contributed by atoms with Gasteiger partial charge < -0.3 is 36.4 Å². The predicted molar refractivity (Wildman–Crippen MR) is 165 cm³/mol. The Hall–Kier alpha value is -4.09. The predicted octanol–water partition coefficient (Wildman–Crippen LogP) is 2.27. The Bertz CT molecular complexity index is 1660. The lowest BCUT2D eigenvalue weighted by Gasteiger charge is -2.32. The SMILES string of the molecule is COC1=CC(C(=O)NC[C@](O)(c2cc3c(c(-c4ccc(F)cc4C)n2)OC[C@]3(C)C(N)=O)C2CC2)=CC(C)(C[NH2+]C2CC2)C1=N. The number of aromatic nitrogens is 1. The first kappa shape index (κ1) is 30.9. The maximum atomic E-state index is 14.1. The molecule has 1 unspecified atom stereocenters. The number of allylic oxidation sites excluding steroid dienone is 1. The molecule has 0 spiro atoms. The van der Waals surface area contributed by atoms with Gasteiger partial charge in [0.2, 0.25) is 5.91 Å². The van der Waals surface area contributed by atoms with E-state index in [0.29, 0.717) is 57.8 Å². The van der Waals surface area contributed by atoms with Crippen LogP contribution in [-0.4, -0.2) is 60.5 Å². The van der Waals surface area contributed by atoms with Gasteiger partial charge in [-0.25, -0.2) is 9.37 Å². The molecule has 2 fully saturated rings. The number of carbonyl (C=O) groups excluding carboxylic acids is 2. The van der Waals surface area contributed by atoms with Gasteiger partial charge >= 0.3 is 0 Å². The van der Waals surface area contributed by atoms with Gasteiger partial charge in [-0.15, -0.1) is 0 Å². The molecular weight excluding hydrogens is 577 g/mol. The number of nitrogens with zero attached hydrogens (tertiary/aromatic N) is 1. The number of benzene rings is 1. The van der Waals surface area contributed by atoms with Gasteiger partial charge in [-0.3, -0.25) is 9.59 Å². The third-order valence-electron chi connectivity index (χ3n) is 9.83. The number of fused-ring (bicyclic) bond motifs is 1. The fraction of sp³-hybridized carbons (Fsp3) is 0.471. The van der Waals surface area contributed by atoms with Crippen LogP contribution in [0.1, 0.15) is 56.4 Å². The Morgan fingerprint density at radius 1 is 1.27 bits per heavy atom. The molecule has 238 valence electrons. The van der Waals surface area contributed by atoms with Crippen LogP contribution in [0.25, 0.3) is 11.3 Å². The number of methoxy groups -OCH3 is 1. The number of rotatable bonds is 11. The summed E-state index contributed by atoms with van der Waals surface area (Å²) in [5, 5.41) is 26.2. The number of halogens is 1. The minimum atomic E-state index is -1.58. The molecule has 1 aliphatic heterocycles. The third-order valence-corrected chi connectivity index (χ3v) is 9.83. The molecule has 3 aliphatic carbocycles. The summed E-state index contributed by atoms with van der Waals surface area (Å²) in [6, 6.07) is 6.53. The van der Waals surface area contributed by atoms with Gasteiger partial charge in [0.25, 0.3) is 5.91 Å². The highest BCUT2D eigenvalue weighted by atomic mass is 19.1. The van der Waals surface area contributed by atoms with Crippen LogP contribution in [0.3, 0.4) is 0 Å². The topological polar surface area (TPSA) is 164 Å². The van der Waals surface area contributed by atoms with Crippen LogP contribution in [0.15, 0.2) is 47.7 Å². The number of ether oxygens (including phenoxy) is 2. The summed E-state index contributed by atoms with van der Waals surface area (Å²) in [4.78, 5) is 31.2. The van der Waals surface area contributed by atoms with E-state index in [0.717, 1.165) is 25.7 Å². The highest BCUT2D eigenvalue weighted by Crippen LogP contribution is 2.50. The largest absolute Gasteiger partial charge is 0.495 e. The van der Waals surface area contributed by atoms with Gasteiger partial charge in [0.1, 0.15) is 40.6 Å². The molecule has 7 N–H and O–H groups in total. The lowest BCUT2D eigenvalue weighted by Crippen LogP contribution is -2.89. The van der Waals surface area contributed by atoms with Crippen molar-refractivity contribution >= 4 is 17.5 Å². The van der Waals surface area contributed by atoms with Crippen LogP contribution in [0.2, 0.25) is 0 Å². The number of hydrogen-bond acceptors (Lipinski definition) is 7. The normalized spacial score (nSPS) is 25.4. The number of hydrogen-bond donors (Lipinski definition) is 5. The van der Waals surface area contributed by atoms with E-state index in [-0.39, 0.29) is 24.8 Å². The van der Waals surface area contributed by atoms with Crippen LogP contribution in [0.5, 0.6) is 5.75 Å². The van der Waals surface area contributed by atoms with Gasteiger partial charge in [0.05, 0.1) is 43.1 Å². The summed E-state index contributed by atoms with van der Waals surface area (Å²) in [6.07, 6.45) is 7.12. The van der Waals surface area contributed by atoms with E-state index in [1.54, 1.807) is 38.1 Å². The van der Waals surface area contributed by atoms with E-state index < -0.39 is 34.1 Å². The zero-order valence-corrected chi connectivity index (χ0v) is 26.1. The van der Waals surface area contributed by atoms with Crippen molar-refractivity contribution in [1.82, 2.24) is 10.3 Å². The van der Waals surface area contributed by atoms with Crippen LogP contribution in [0, 0.1) is 29.5 Å². The fourth-order valence-corrected chi connectivity index (χ4v) is 6.35. The number of primary amides is 1. The number of aliphatic hydroxyl groups is 1. The summed E-state index contributed by atoms with van der Waals surface area (Å²) in [7, 11) is 1.49. The Labute approximate surface area is 261 Å². The van der Waals surface area contributed by atoms with Crippen molar-refractivity contribution in [1.29, 1.82) is 5.41 Å². The Kier molecular flexibility index (Phi) is 7.60. The van der Waals surface area contributed by atoms with E-state index in [4.69, 9.17) is 25.6 Å². The van der Waals surface area contributed by atoms with Crippen LogP contribution in [-0.2, 0) is 25.3 Å². The Morgan fingerprint density at radius 3 is 2.62 bits per heavy atom. The van der Waals surface area contributed by atoms with Crippen molar-refractivity contribution in [2.75, 3.05) is 26.8 Å². The average molecular weight is 619 g/mol. The number of nitrogens with one attached hydrogen (secondary N) is 2. The lowest BCUT2D eigenvalue weighted by molar-refractivity contribution is -0.674. The van der Waals surface area contributed by atoms with Gasteiger partial charge in [0.15, 0.2) is 0 Å². The summed E-state index contributed by atoms with van der Waals surface area (Å²) < 4.78 is 25.5. The highest BCUT2D eigenvalue weighted by Gasteiger charge is 2.50. The van der Waals surface area contributed by atoms with Crippen molar-refractivity contribution in [2.24, 2.45) is 17.1 Å². The molecular formula is C34H41FN5O5+. The van der Waals surface area contributed by atoms with E-state index in [1.807, 2.05) is 6.92 Å². The third kappa shape index (κ3) is 5.52. The van der Waals surface area contributed by atoms with Crippen LogP contribution in [0.4, 0.5) is 4.39 Å². The summed E-state index contributed by atoms with van der Waals surface area (Å²) in [5.41, 5.74) is 5.41. The molecule has 2 aromatic rings. The second-order valence-corrected chi connectivity index (χ2v) is 13.4. The average Bonchev–Trinajstić information content (AvgIpc) is 3.94. The van der Waals surface area contributed by atoms with E-state index >= 15 is 0 Å².